The average molecular weight is 248 g/mol. The Morgan fingerprint density at radius 3 is 2.06 bits per heavy atom. The maximum Gasteiger partial charge on any atom is 0.187 e. The topological polar surface area (TPSA) is 17.1 Å². The zero-order valence-corrected chi connectivity index (χ0v) is 11.9. The van der Waals surface area contributed by atoms with E-state index >= 15 is 0 Å². The molecule has 0 aliphatic carbocycles. The van der Waals surface area contributed by atoms with Gasteiger partial charge < -0.3 is 16.9 Å². The smallest absolute Gasteiger partial charge is 0.187 e. The van der Waals surface area contributed by atoms with Gasteiger partial charge in [-0.05, 0) is 26.7 Å². The lowest BCUT2D eigenvalue weighted by Gasteiger charge is -2.49. The molecule has 0 aromatic heterocycles. The third-order valence-electron chi connectivity index (χ3n) is 4.44. The molecule has 0 spiro atoms. The summed E-state index contributed by atoms with van der Waals surface area (Å²) in [7, 11) is 0. The summed E-state index contributed by atoms with van der Waals surface area (Å²) in [5.41, 5.74) is 0. The van der Waals surface area contributed by atoms with Gasteiger partial charge in [-0.2, -0.15) is 0 Å². The Balaban J connectivity index is 0.00000225. The van der Waals surface area contributed by atoms with Crippen molar-refractivity contribution >= 4 is 5.78 Å². The van der Waals surface area contributed by atoms with Crippen LogP contribution in [0.4, 0.5) is 0 Å². The second kappa shape index (κ2) is 6.61. The molecule has 1 aliphatic heterocycles. The lowest BCUT2D eigenvalue weighted by Crippen LogP contribution is -3.00. The standard InChI is InChI=1S/C13H26NO.ClH/c1-5-11(3)14(12(4)6-2)9-7-8-13(15)10-14;/h11-12H,5-10H2,1-4H3;1H/q+1;/p-1. The van der Waals surface area contributed by atoms with Crippen molar-refractivity contribution in [3.05, 3.63) is 0 Å². The molecule has 1 aliphatic rings. The number of carbonyl (C=O) groups is 1. The Bertz CT molecular complexity index is 220. The minimum atomic E-state index is 0. The minimum Gasteiger partial charge on any atom is -1.00 e. The van der Waals surface area contributed by atoms with E-state index in [1.807, 2.05) is 0 Å². The van der Waals surface area contributed by atoms with Crippen molar-refractivity contribution in [1.82, 2.24) is 0 Å². The summed E-state index contributed by atoms with van der Waals surface area (Å²) in [4.78, 5) is 11.7. The number of nitrogens with zero attached hydrogens (tertiary/aromatic N) is 1. The van der Waals surface area contributed by atoms with Crippen LogP contribution in [0.25, 0.3) is 0 Å². The van der Waals surface area contributed by atoms with Gasteiger partial charge in [-0.3, -0.25) is 4.79 Å². The van der Waals surface area contributed by atoms with Crippen LogP contribution in [0, 0.1) is 0 Å². The van der Waals surface area contributed by atoms with Crippen LogP contribution < -0.4 is 12.4 Å². The molecule has 0 bridgehead atoms. The first-order chi connectivity index (χ1) is 7.06. The second-order valence-corrected chi connectivity index (χ2v) is 5.14. The van der Waals surface area contributed by atoms with E-state index in [4.69, 9.17) is 0 Å². The fourth-order valence-corrected chi connectivity index (χ4v) is 2.97. The highest BCUT2D eigenvalue weighted by Crippen LogP contribution is 2.28. The van der Waals surface area contributed by atoms with Gasteiger partial charge in [-0.15, -0.1) is 0 Å². The Labute approximate surface area is 106 Å². The normalized spacial score (nSPS) is 29.4. The summed E-state index contributed by atoms with van der Waals surface area (Å²) < 4.78 is 1.05. The van der Waals surface area contributed by atoms with E-state index in [9.17, 15) is 4.79 Å². The van der Waals surface area contributed by atoms with Crippen LogP contribution >= 0.6 is 0 Å². The van der Waals surface area contributed by atoms with Gasteiger partial charge in [0.25, 0.3) is 0 Å². The number of likely N-dealkylation sites (tertiary alicyclic amines) is 1. The molecule has 3 heteroatoms. The van der Waals surface area contributed by atoms with Crippen molar-refractivity contribution < 1.29 is 21.7 Å². The Kier molecular flexibility index (Phi) is 6.57. The molecular weight excluding hydrogens is 222 g/mol. The molecule has 2 nitrogen and oxygen atoms in total. The summed E-state index contributed by atoms with van der Waals surface area (Å²) in [5.74, 6) is 0.474. The third-order valence-corrected chi connectivity index (χ3v) is 4.44. The van der Waals surface area contributed by atoms with E-state index in [2.05, 4.69) is 27.7 Å². The van der Waals surface area contributed by atoms with Crippen LogP contribution in [0.2, 0.25) is 0 Å². The number of rotatable bonds is 4. The van der Waals surface area contributed by atoms with Crippen LogP contribution in [0.15, 0.2) is 0 Å². The predicted molar refractivity (Wildman–Crippen MR) is 63.7 cm³/mol. The van der Waals surface area contributed by atoms with Gasteiger partial charge in [0.15, 0.2) is 5.78 Å². The number of halogens is 1. The van der Waals surface area contributed by atoms with Crippen LogP contribution in [0.5, 0.6) is 0 Å². The summed E-state index contributed by atoms with van der Waals surface area (Å²) in [6.07, 6.45) is 4.26. The van der Waals surface area contributed by atoms with Gasteiger partial charge >= 0.3 is 0 Å². The number of quaternary nitrogens is 1. The van der Waals surface area contributed by atoms with Crippen LogP contribution in [-0.4, -0.2) is 35.4 Å². The average Bonchev–Trinajstić information content (AvgIpc) is 2.26. The Morgan fingerprint density at radius 2 is 1.69 bits per heavy atom. The SMILES string of the molecule is CCC(C)[N+]1(C(C)CC)CCCC(=O)C1.[Cl-]. The minimum absolute atomic E-state index is 0. The van der Waals surface area contributed by atoms with Crippen molar-refractivity contribution in [2.45, 2.75) is 65.5 Å². The van der Waals surface area contributed by atoms with Gasteiger partial charge in [0.05, 0.1) is 18.6 Å². The highest BCUT2D eigenvalue weighted by atomic mass is 35.5. The Morgan fingerprint density at radius 1 is 1.19 bits per heavy atom. The molecule has 2 unspecified atom stereocenters. The fourth-order valence-electron chi connectivity index (χ4n) is 2.97. The van der Waals surface area contributed by atoms with Gasteiger partial charge in [0.1, 0.15) is 6.54 Å². The number of hydrogen-bond donors (Lipinski definition) is 0. The van der Waals surface area contributed by atoms with Crippen LogP contribution in [0.3, 0.4) is 0 Å². The molecule has 1 heterocycles. The first-order valence-electron chi connectivity index (χ1n) is 6.45. The molecule has 1 rings (SSSR count). The number of carbonyl (C=O) groups excluding carboxylic acids is 1. The summed E-state index contributed by atoms with van der Waals surface area (Å²) >= 11 is 0. The summed E-state index contributed by atoms with van der Waals surface area (Å²) in [6.45, 7) is 11.1. The number of ketones is 1. The van der Waals surface area contributed by atoms with E-state index in [1.165, 1.54) is 19.4 Å². The van der Waals surface area contributed by atoms with Crippen molar-refractivity contribution in [3.63, 3.8) is 0 Å². The van der Waals surface area contributed by atoms with Crippen molar-refractivity contribution in [2.24, 2.45) is 0 Å². The van der Waals surface area contributed by atoms with Crippen molar-refractivity contribution in [2.75, 3.05) is 13.1 Å². The highest BCUT2D eigenvalue weighted by Gasteiger charge is 2.41. The summed E-state index contributed by atoms with van der Waals surface area (Å²) in [5, 5.41) is 0. The monoisotopic (exact) mass is 247 g/mol. The van der Waals surface area contributed by atoms with Gasteiger partial charge in [-0.25, -0.2) is 0 Å². The molecule has 16 heavy (non-hydrogen) atoms. The molecule has 2 atom stereocenters. The van der Waals surface area contributed by atoms with Crippen molar-refractivity contribution in [3.8, 4) is 0 Å². The number of Topliss-reactive ketones (excluding diaryl/α,β-unsaturated/α-hetero) is 1. The van der Waals surface area contributed by atoms with E-state index in [-0.39, 0.29) is 12.4 Å². The zero-order valence-electron chi connectivity index (χ0n) is 11.1. The largest absolute Gasteiger partial charge is 1.00 e. The molecule has 0 saturated carbocycles. The molecule has 0 aromatic carbocycles. The Hall–Kier alpha value is -0.0800. The zero-order chi connectivity index (χ0) is 11.5. The van der Waals surface area contributed by atoms with Crippen molar-refractivity contribution in [1.29, 1.82) is 0 Å². The molecule has 1 fully saturated rings. The quantitative estimate of drug-likeness (QED) is 0.628. The van der Waals surface area contributed by atoms with Crippen LogP contribution in [-0.2, 0) is 4.79 Å². The molecule has 96 valence electrons. The van der Waals surface area contributed by atoms with E-state index < -0.39 is 0 Å². The maximum atomic E-state index is 11.7. The molecular formula is C13H26ClNO. The number of hydrogen-bond acceptors (Lipinski definition) is 1. The number of piperidine rings is 1. The maximum absolute atomic E-state index is 11.7. The summed E-state index contributed by atoms with van der Waals surface area (Å²) in [6, 6.07) is 1.26. The van der Waals surface area contributed by atoms with E-state index in [0.29, 0.717) is 17.9 Å². The van der Waals surface area contributed by atoms with E-state index in [0.717, 1.165) is 23.9 Å². The fraction of sp³-hybridized carbons (Fsp3) is 0.923. The van der Waals surface area contributed by atoms with Gasteiger partial charge in [0, 0.05) is 12.8 Å². The van der Waals surface area contributed by atoms with Crippen LogP contribution in [0.1, 0.15) is 53.4 Å². The molecule has 0 aromatic rings. The van der Waals surface area contributed by atoms with E-state index in [1.54, 1.807) is 0 Å². The lowest BCUT2D eigenvalue weighted by atomic mass is 9.97. The molecule has 0 amide bonds. The second-order valence-electron chi connectivity index (χ2n) is 5.14. The first-order valence-corrected chi connectivity index (χ1v) is 6.45. The first kappa shape index (κ1) is 15.9. The lowest BCUT2D eigenvalue weighted by molar-refractivity contribution is -0.965. The third kappa shape index (κ3) is 2.98. The molecule has 0 N–H and O–H groups in total. The van der Waals surface area contributed by atoms with Gasteiger partial charge in [-0.1, -0.05) is 13.8 Å². The molecule has 0 radical (unpaired) electrons. The highest BCUT2D eigenvalue weighted by molar-refractivity contribution is 5.80. The van der Waals surface area contributed by atoms with Gasteiger partial charge in [0.2, 0.25) is 0 Å². The molecule has 1 saturated heterocycles. The predicted octanol–water partition coefficient (Wildman–Crippen LogP) is -0.233.